The quantitative estimate of drug-likeness (QED) is 0.805. The van der Waals surface area contributed by atoms with E-state index in [1.165, 1.54) is 14.2 Å². The van der Waals surface area contributed by atoms with Gasteiger partial charge in [-0.2, -0.15) is 0 Å². The molecule has 9 nitrogen and oxygen atoms in total. The number of morpholine rings is 1. The fraction of sp³-hybridized carbons (Fsp3) is 0.353. The maximum absolute atomic E-state index is 12.3. The highest BCUT2D eigenvalue weighted by atomic mass is 35.5. The lowest BCUT2D eigenvalue weighted by Gasteiger charge is -2.26. The minimum absolute atomic E-state index is 0.354. The number of hydrogen-bond acceptors (Lipinski definition) is 7. The van der Waals surface area contributed by atoms with E-state index in [-0.39, 0.29) is 0 Å². The molecule has 1 saturated heterocycles. The number of amides is 2. The molecule has 0 aliphatic carbocycles. The fourth-order valence-corrected chi connectivity index (χ4v) is 2.80. The summed E-state index contributed by atoms with van der Waals surface area (Å²) < 4.78 is 15.7. The van der Waals surface area contributed by atoms with Gasteiger partial charge in [-0.3, -0.25) is 0 Å². The minimum atomic E-state index is -0.475. The zero-order valence-electron chi connectivity index (χ0n) is 15.0. The lowest BCUT2D eigenvalue weighted by atomic mass is 10.2. The number of nitrogens with zero attached hydrogens (tertiary/aromatic N) is 3. The normalized spacial score (nSPS) is 13.8. The topological polar surface area (TPSA) is 97.8 Å². The van der Waals surface area contributed by atoms with Gasteiger partial charge in [0.2, 0.25) is 5.95 Å². The molecule has 2 amide bonds. The predicted molar refractivity (Wildman–Crippen MR) is 102 cm³/mol. The number of carbonyl (C=O) groups is 1. The number of rotatable bonds is 5. The minimum Gasteiger partial charge on any atom is -0.495 e. The van der Waals surface area contributed by atoms with Gasteiger partial charge in [0.1, 0.15) is 11.5 Å². The van der Waals surface area contributed by atoms with Gasteiger partial charge in [-0.25, -0.2) is 14.8 Å². The second-order valence-electron chi connectivity index (χ2n) is 5.64. The molecule has 10 heteroatoms. The number of benzene rings is 1. The van der Waals surface area contributed by atoms with E-state index < -0.39 is 6.03 Å². The smallest absolute Gasteiger partial charge is 0.323 e. The predicted octanol–water partition coefficient (Wildman–Crippen LogP) is 2.63. The Bertz CT molecular complexity index is 797. The van der Waals surface area contributed by atoms with Crippen LogP contribution in [0.15, 0.2) is 24.5 Å². The molecule has 2 N–H and O–H groups in total. The summed E-state index contributed by atoms with van der Waals surface area (Å²) in [6, 6.07) is 2.67. The van der Waals surface area contributed by atoms with Crippen LogP contribution in [0.3, 0.4) is 0 Å². The summed E-state index contributed by atoms with van der Waals surface area (Å²) in [7, 11) is 2.99. The van der Waals surface area contributed by atoms with Crippen LogP contribution < -0.4 is 25.0 Å². The second kappa shape index (κ2) is 8.74. The molecule has 0 spiro atoms. The Morgan fingerprint density at radius 3 is 2.41 bits per heavy atom. The summed E-state index contributed by atoms with van der Waals surface area (Å²) in [6.07, 6.45) is 3.10. The van der Waals surface area contributed by atoms with Crippen LogP contribution >= 0.6 is 11.6 Å². The van der Waals surface area contributed by atoms with Crippen LogP contribution in [0.4, 0.5) is 22.1 Å². The third kappa shape index (κ3) is 4.69. The summed E-state index contributed by atoms with van der Waals surface area (Å²) in [5, 5.41) is 5.71. The van der Waals surface area contributed by atoms with Gasteiger partial charge in [-0.15, -0.1) is 0 Å². The molecule has 1 fully saturated rings. The standard InChI is InChI=1S/C17H20ClN5O4/c1-25-14-8-15(26-2)13(7-12(14)18)22-17(24)21-11-9-19-16(20-10-11)23-3-5-27-6-4-23/h7-10H,3-6H2,1-2H3,(H2,21,22,24). The van der Waals surface area contributed by atoms with Crippen molar-refractivity contribution in [1.82, 2.24) is 9.97 Å². The number of ether oxygens (including phenoxy) is 3. The van der Waals surface area contributed by atoms with E-state index in [4.69, 9.17) is 25.8 Å². The van der Waals surface area contributed by atoms with Crippen LogP contribution in [0, 0.1) is 0 Å². The van der Waals surface area contributed by atoms with Gasteiger partial charge < -0.3 is 29.7 Å². The summed E-state index contributed by atoms with van der Waals surface area (Å²) in [5.74, 6) is 1.48. The van der Waals surface area contributed by atoms with Crippen molar-refractivity contribution in [3.63, 3.8) is 0 Å². The molecule has 3 rings (SSSR count). The van der Waals surface area contributed by atoms with Gasteiger partial charge in [0.05, 0.1) is 56.2 Å². The number of hydrogen-bond donors (Lipinski definition) is 2. The van der Waals surface area contributed by atoms with E-state index >= 15 is 0 Å². The number of aromatic nitrogens is 2. The van der Waals surface area contributed by atoms with Crippen molar-refractivity contribution in [1.29, 1.82) is 0 Å². The number of halogens is 1. The van der Waals surface area contributed by atoms with Crippen molar-refractivity contribution >= 4 is 35.0 Å². The molecule has 144 valence electrons. The Morgan fingerprint density at radius 1 is 1.11 bits per heavy atom. The molecule has 0 atom stereocenters. The lowest BCUT2D eigenvalue weighted by Crippen LogP contribution is -2.37. The van der Waals surface area contributed by atoms with Crippen LogP contribution in [0.2, 0.25) is 5.02 Å². The molecule has 2 aromatic rings. The first-order valence-electron chi connectivity index (χ1n) is 8.25. The van der Waals surface area contributed by atoms with Crippen LogP contribution in [0.25, 0.3) is 0 Å². The third-order valence-corrected chi connectivity index (χ3v) is 4.21. The summed E-state index contributed by atoms with van der Waals surface area (Å²) in [4.78, 5) is 22.9. The molecule has 27 heavy (non-hydrogen) atoms. The van der Waals surface area contributed by atoms with Gasteiger partial charge in [0.15, 0.2) is 0 Å². The zero-order chi connectivity index (χ0) is 19.2. The highest BCUT2D eigenvalue weighted by molar-refractivity contribution is 6.32. The highest BCUT2D eigenvalue weighted by Crippen LogP contribution is 2.35. The van der Waals surface area contributed by atoms with E-state index in [0.717, 1.165) is 13.1 Å². The SMILES string of the molecule is COc1cc(OC)c(NC(=O)Nc2cnc(N3CCOCC3)nc2)cc1Cl. The van der Waals surface area contributed by atoms with Crippen molar-refractivity contribution in [2.24, 2.45) is 0 Å². The lowest BCUT2D eigenvalue weighted by molar-refractivity contribution is 0.122. The Balaban J connectivity index is 1.64. The molecule has 1 aromatic heterocycles. The summed E-state index contributed by atoms with van der Waals surface area (Å²) >= 11 is 6.11. The van der Waals surface area contributed by atoms with Crippen molar-refractivity contribution in [3.05, 3.63) is 29.5 Å². The van der Waals surface area contributed by atoms with Crippen molar-refractivity contribution in [2.75, 3.05) is 56.1 Å². The van der Waals surface area contributed by atoms with Crippen LogP contribution in [-0.2, 0) is 4.74 Å². The number of methoxy groups -OCH3 is 2. The number of urea groups is 1. The molecule has 1 aromatic carbocycles. The molecular weight excluding hydrogens is 374 g/mol. The molecule has 1 aliphatic rings. The Morgan fingerprint density at radius 2 is 1.78 bits per heavy atom. The molecule has 0 bridgehead atoms. The summed E-state index contributed by atoms with van der Waals surface area (Å²) in [5.41, 5.74) is 0.870. The first-order chi connectivity index (χ1) is 13.1. The first-order valence-corrected chi connectivity index (χ1v) is 8.62. The first kappa shape index (κ1) is 19.0. The molecular formula is C17H20ClN5O4. The monoisotopic (exact) mass is 393 g/mol. The van der Waals surface area contributed by atoms with Gasteiger partial charge in [0, 0.05) is 19.2 Å². The Kier molecular flexibility index (Phi) is 6.15. The van der Waals surface area contributed by atoms with E-state index in [0.29, 0.717) is 47.1 Å². The molecule has 1 aliphatic heterocycles. The molecule has 2 heterocycles. The highest BCUT2D eigenvalue weighted by Gasteiger charge is 2.15. The van der Waals surface area contributed by atoms with Crippen LogP contribution in [0.5, 0.6) is 11.5 Å². The second-order valence-corrected chi connectivity index (χ2v) is 6.04. The molecule has 0 saturated carbocycles. The summed E-state index contributed by atoms with van der Waals surface area (Å²) in [6.45, 7) is 2.78. The van der Waals surface area contributed by atoms with Gasteiger partial charge in [-0.1, -0.05) is 11.6 Å². The molecule has 0 radical (unpaired) electrons. The van der Waals surface area contributed by atoms with Crippen molar-refractivity contribution < 1.29 is 19.0 Å². The Hall–Kier alpha value is -2.78. The van der Waals surface area contributed by atoms with E-state index in [2.05, 4.69) is 20.6 Å². The Labute approximate surface area is 161 Å². The average Bonchev–Trinajstić information content (AvgIpc) is 2.69. The van der Waals surface area contributed by atoms with Gasteiger partial charge >= 0.3 is 6.03 Å². The van der Waals surface area contributed by atoms with Crippen molar-refractivity contribution in [2.45, 2.75) is 0 Å². The van der Waals surface area contributed by atoms with Crippen LogP contribution in [-0.4, -0.2) is 56.5 Å². The average molecular weight is 394 g/mol. The van der Waals surface area contributed by atoms with Gasteiger partial charge in [-0.05, 0) is 6.07 Å². The number of carbonyl (C=O) groups excluding carboxylic acids is 1. The van der Waals surface area contributed by atoms with E-state index in [9.17, 15) is 4.79 Å². The largest absolute Gasteiger partial charge is 0.495 e. The van der Waals surface area contributed by atoms with Gasteiger partial charge in [0.25, 0.3) is 0 Å². The third-order valence-electron chi connectivity index (χ3n) is 3.91. The van der Waals surface area contributed by atoms with Crippen molar-refractivity contribution in [3.8, 4) is 11.5 Å². The fourth-order valence-electron chi connectivity index (χ4n) is 2.55. The van der Waals surface area contributed by atoms with Crippen LogP contribution in [0.1, 0.15) is 0 Å². The zero-order valence-corrected chi connectivity index (χ0v) is 15.7. The molecule has 0 unspecified atom stereocenters. The maximum Gasteiger partial charge on any atom is 0.323 e. The van der Waals surface area contributed by atoms with E-state index in [1.54, 1.807) is 24.5 Å². The maximum atomic E-state index is 12.3. The van der Waals surface area contributed by atoms with E-state index in [1.807, 2.05) is 4.90 Å². The number of nitrogens with one attached hydrogen (secondary N) is 2. The number of anilines is 3.